The van der Waals surface area contributed by atoms with E-state index in [1.165, 1.54) is 0 Å². The number of morpholine rings is 1. The van der Waals surface area contributed by atoms with Gasteiger partial charge in [-0.1, -0.05) is 0 Å². The number of carbonyl (C=O) groups excluding carboxylic acids is 1. The molecule has 0 radical (unpaired) electrons. The van der Waals surface area contributed by atoms with Crippen LogP contribution in [0.1, 0.15) is 23.7 Å². The average molecular weight is 319 g/mol. The minimum atomic E-state index is 0.0639. The summed E-state index contributed by atoms with van der Waals surface area (Å²) in [7, 11) is 0. The van der Waals surface area contributed by atoms with Gasteiger partial charge in [0.2, 0.25) is 0 Å². The molecule has 0 spiro atoms. The Kier molecular flexibility index (Phi) is 5.46. The van der Waals surface area contributed by atoms with Crippen molar-refractivity contribution in [2.24, 2.45) is 5.92 Å². The zero-order valence-corrected chi connectivity index (χ0v) is 13.7. The third kappa shape index (κ3) is 3.82. The van der Waals surface area contributed by atoms with Crippen LogP contribution in [0.15, 0.2) is 18.3 Å². The summed E-state index contributed by atoms with van der Waals surface area (Å²) in [5.41, 5.74) is 0.690. The summed E-state index contributed by atoms with van der Waals surface area (Å²) in [4.78, 5) is 21.5. The van der Waals surface area contributed by atoms with Gasteiger partial charge in [-0.3, -0.25) is 4.79 Å². The van der Waals surface area contributed by atoms with Crippen LogP contribution in [0.4, 0.5) is 5.82 Å². The average Bonchev–Trinajstić information content (AvgIpc) is 3.13. The molecule has 1 aromatic rings. The smallest absolute Gasteiger partial charge is 0.257 e. The Hall–Kier alpha value is -1.66. The lowest BCUT2D eigenvalue weighted by atomic mass is 10.1. The highest BCUT2D eigenvalue weighted by atomic mass is 16.5. The predicted octanol–water partition coefficient (Wildman–Crippen LogP) is 1.42. The summed E-state index contributed by atoms with van der Waals surface area (Å²) in [5, 5.41) is 0. The molecular formula is C17H25N3O3. The number of hydrogen-bond donors (Lipinski definition) is 0. The molecule has 23 heavy (non-hydrogen) atoms. The van der Waals surface area contributed by atoms with E-state index in [1.54, 1.807) is 6.20 Å². The molecule has 2 aliphatic heterocycles. The number of nitrogens with zero attached hydrogens (tertiary/aromatic N) is 3. The van der Waals surface area contributed by atoms with E-state index in [0.29, 0.717) is 31.2 Å². The van der Waals surface area contributed by atoms with Gasteiger partial charge in [0.1, 0.15) is 5.82 Å². The van der Waals surface area contributed by atoms with Crippen molar-refractivity contribution < 1.29 is 14.3 Å². The summed E-state index contributed by atoms with van der Waals surface area (Å²) in [6, 6.07) is 3.72. The number of rotatable bonds is 5. The van der Waals surface area contributed by atoms with Crippen molar-refractivity contribution in [3.05, 3.63) is 23.9 Å². The van der Waals surface area contributed by atoms with Crippen molar-refractivity contribution in [2.75, 3.05) is 57.5 Å². The van der Waals surface area contributed by atoms with Gasteiger partial charge in [0, 0.05) is 44.9 Å². The molecule has 0 bridgehead atoms. The minimum absolute atomic E-state index is 0.0639. The quantitative estimate of drug-likeness (QED) is 0.821. The van der Waals surface area contributed by atoms with E-state index >= 15 is 0 Å². The number of ether oxygens (including phenoxy) is 2. The Morgan fingerprint density at radius 2 is 2.17 bits per heavy atom. The van der Waals surface area contributed by atoms with Crippen molar-refractivity contribution >= 4 is 11.7 Å². The lowest BCUT2D eigenvalue weighted by Crippen LogP contribution is -2.40. The molecular weight excluding hydrogens is 294 g/mol. The standard InChI is InChI=1S/C17H25N3O3/c1-2-19(12-14-5-9-23-13-14)17(21)15-4-3-6-18-16(15)20-7-10-22-11-8-20/h3-4,6,14H,2,5,7-13H2,1H3. The first kappa shape index (κ1) is 16.2. The first-order valence-corrected chi connectivity index (χ1v) is 8.44. The van der Waals surface area contributed by atoms with Crippen LogP contribution in [0.25, 0.3) is 0 Å². The molecule has 1 unspecified atom stereocenters. The normalized spacial score (nSPS) is 21.4. The van der Waals surface area contributed by atoms with Crippen molar-refractivity contribution in [1.29, 1.82) is 0 Å². The SMILES string of the molecule is CCN(CC1CCOC1)C(=O)c1cccnc1N1CCOCC1. The molecule has 6 nitrogen and oxygen atoms in total. The molecule has 1 atom stereocenters. The van der Waals surface area contributed by atoms with E-state index in [2.05, 4.69) is 9.88 Å². The number of carbonyl (C=O) groups is 1. The van der Waals surface area contributed by atoms with E-state index in [9.17, 15) is 4.79 Å². The molecule has 2 aliphatic rings. The maximum Gasteiger partial charge on any atom is 0.257 e. The molecule has 2 fully saturated rings. The molecule has 1 amide bonds. The van der Waals surface area contributed by atoms with E-state index < -0.39 is 0 Å². The van der Waals surface area contributed by atoms with Gasteiger partial charge >= 0.3 is 0 Å². The lowest BCUT2D eigenvalue weighted by molar-refractivity contribution is 0.0729. The molecule has 1 aromatic heterocycles. The van der Waals surface area contributed by atoms with E-state index in [0.717, 1.165) is 45.1 Å². The number of hydrogen-bond acceptors (Lipinski definition) is 5. The Morgan fingerprint density at radius 3 is 2.87 bits per heavy atom. The van der Waals surface area contributed by atoms with Gasteiger partial charge in [0.25, 0.3) is 5.91 Å². The molecule has 0 aromatic carbocycles. The van der Waals surface area contributed by atoms with Gasteiger partial charge in [0.05, 0.1) is 25.4 Å². The van der Waals surface area contributed by atoms with Crippen LogP contribution in [0.5, 0.6) is 0 Å². The van der Waals surface area contributed by atoms with Crippen LogP contribution in [-0.4, -0.2) is 68.4 Å². The van der Waals surface area contributed by atoms with Crippen LogP contribution in [0, 0.1) is 5.92 Å². The summed E-state index contributed by atoms with van der Waals surface area (Å²) >= 11 is 0. The van der Waals surface area contributed by atoms with Gasteiger partial charge in [-0.25, -0.2) is 4.98 Å². The fraction of sp³-hybridized carbons (Fsp3) is 0.647. The Labute approximate surface area is 137 Å². The van der Waals surface area contributed by atoms with Crippen LogP contribution in [-0.2, 0) is 9.47 Å². The molecule has 6 heteroatoms. The number of amides is 1. The van der Waals surface area contributed by atoms with Crippen LogP contribution < -0.4 is 4.90 Å². The highest BCUT2D eigenvalue weighted by Gasteiger charge is 2.26. The molecule has 0 aliphatic carbocycles. The summed E-state index contributed by atoms with van der Waals surface area (Å²) in [5.74, 6) is 1.29. The Morgan fingerprint density at radius 1 is 1.35 bits per heavy atom. The van der Waals surface area contributed by atoms with E-state index in [-0.39, 0.29) is 5.91 Å². The highest BCUT2D eigenvalue weighted by molar-refractivity contribution is 5.98. The van der Waals surface area contributed by atoms with Gasteiger partial charge < -0.3 is 19.3 Å². The van der Waals surface area contributed by atoms with Crippen molar-refractivity contribution in [1.82, 2.24) is 9.88 Å². The molecule has 126 valence electrons. The number of anilines is 1. The highest BCUT2D eigenvalue weighted by Crippen LogP contribution is 2.22. The third-order valence-corrected chi connectivity index (χ3v) is 4.50. The second-order valence-corrected chi connectivity index (χ2v) is 6.05. The maximum atomic E-state index is 13.0. The van der Waals surface area contributed by atoms with Crippen LogP contribution in [0.3, 0.4) is 0 Å². The van der Waals surface area contributed by atoms with Gasteiger partial charge in [-0.05, 0) is 25.5 Å². The largest absolute Gasteiger partial charge is 0.381 e. The predicted molar refractivity (Wildman–Crippen MR) is 87.8 cm³/mol. The number of aromatic nitrogens is 1. The first-order chi connectivity index (χ1) is 11.3. The van der Waals surface area contributed by atoms with Crippen LogP contribution >= 0.6 is 0 Å². The molecule has 0 N–H and O–H groups in total. The lowest BCUT2D eigenvalue weighted by Gasteiger charge is -2.30. The van der Waals surface area contributed by atoms with Crippen molar-refractivity contribution in [3.8, 4) is 0 Å². The summed E-state index contributed by atoms with van der Waals surface area (Å²) in [6.45, 7) is 7.97. The maximum absolute atomic E-state index is 13.0. The van der Waals surface area contributed by atoms with Gasteiger partial charge in [0.15, 0.2) is 0 Å². The number of pyridine rings is 1. The fourth-order valence-electron chi connectivity index (χ4n) is 3.16. The topological polar surface area (TPSA) is 54.9 Å². The third-order valence-electron chi connectivity index (χ3n) is 4.50. The minimum Gasteiger partial charge on any atom is -0.381 e. The van der Waals surface area contributed by atoms with Gasteiger partial charge in [-0.15, -0.1) is 0 Å². The van der Waals surface area contributed by atoms with Crippen molar-refractivity contribution in [2.45, 2.75) is 13.3 Å². The van der Waals surface area contributed by atoms with E-state index in [1.807, 2.05) is 24.0 Å². The Bertz CT molecular complexity index is 526. The molecule has 3 rings (SSSR count). The second kappa shape index (κ2) is 7.75. The van der Waals surface area contributed by atoms with E-state index in [4.69, 9.17) is 9.47 Å². The monoisotopic (exact) mass is 319 g/mol. The molecule has 0 saturated carbocycles. The zero-order chi connectivity index (χ0) is 16.1. The van der Waals surface area contributed by atoms with Crippen LogP contribution in [0.2, 0.25) is 0 Å². The van der Waals surface area contributed by atoms with Gasteiger partial charge in [-0.2, -0.15) is 0 Å². The summed E-state index contributed by atoms with van der Waals surface area (Å²) in [6.07, 6.45) is 2.79. The molecule has 2 saturated heterocycles. The zero-order valence-electron chi connectivity index (χ0n) is 13.7. The molecule has 3 heterocycles. The Balaban J connectivity index is 1.77. The summed E-state index contributed by atoms with van der Waals surface area (Å²) < 4.78 is 10.8. The second-order valence-electron chi connectivity index (χ2n) is 6.05. The van der Waals surface area contributed by atoms with Crippen molar-refractivity contribution in [3.63, 3.8) is 0 Å². The fourth-order valence-corrected chi connectivity index (χ4v) is 3.16. The first-order valence-electron chi connectivity index (χ1n) is 8.44.